The first-order valence-corrected chi connectivity index (χ1v) is 9.50. The van der Waals surface area contributed by atoms with E-state index in [0.29, 0.717) is 18.8 Å². The average molecular weight is 422 g/mol. The van der Waals surface area contributed by atoms with E-state index in [9.17, 15) is 22.8 Å². The van der Waals surface area contributed by atoms with Crippen molar-refractivity contribution in [1.29, 1.82) is 0 Å². The fourth-order valence-electron chi connectivity index (χ4n) is 3.14. The molecule has 3 amide bonds. The molecule has 0 spiro atoms. The largest absolute Gasteiger partial charge is 0.416 e. The highest BCUT2D eigenvalue weighted by Crippen LogP contribution is 2.32. The van der Waals surface area contributed by atoms with E-state index in [1.807, 2.05) is 13.8 Å². The van der Waals surface area contributed by atoms with Gasteiger partial charge in [-0.05, 0) is 48.5 Å². The summed E-state index contributed by atoms with van der Waals surface area (Å²) in [5.41, 5.74) is 5.84. The van der Waals surface area contributed by atoms with Crippen molar-refractivity contribution in [2.45, 2.75) is 32.6 Å². The monoisotopic (exact) mass is 422 g/mol. The summed E-state index contributed by atoms with van der Waals surface area (Å²) in [4.78, 5) is 25.6. The third kappa shape index (κ3) is 6.21. The van der Waals surface area contributed by atoms with Crippen LogP contribution in [0.1, 0.15) is 36.6 Å². The van der Waals surface area contributed by atoms with Gasteiger partial charge in [0, 0.05) is 12.2 Å². The molecule has 1 unspecified atom stereocenters. The molecule has 0 aliphatic rings. The molecular weight excluding hydrogens is 397 g/mol. The van der Waals surface area contributed by atoms with Gasteiger partial charge in [0.05, 0.1) is 5.56 Å². The lowest BCUT2D eigenvalue weighted by Gasteiger charge is -2.29. The number of likely N-dealkylation sites (N-methyl/N-ethyl adjacent to an activating group) is 1. The zero-order valence-electron chi connectivity index (χ0n) is 16.8. The van der Waals surface area contributed by atoms with Crippen molar-refractivity contribution in [3.05, 3.63) is 65.2 Å². The number of nitrogens with two attached hydrogens (primary N) is 1. The van der Waals surface area contributed by atoms with Crippen LogP contribution in [-0.4, -0.2) is 29.9 Å². The average Bonchev–Trinajstić information content (AvgIpc) is 2.70. The number of carbonyl (C=O) groups is 2. The molecule has 1 atom stereocenters. The van der Waals surface area contributed by atoms with E-state index in [4.69, 9.17) is 5.73 Å². The second-order valence-corrected chi connectivity index (χ2v) is 6.65. The smallest absolute Gasteiger partial charge is 0.351 e. The van der Waals surface area contributed by atoms with Crippen LogP contribution in [0.25, 0.3) is 0 Å². The van der Waals surface area contributed by atoms with Crippen LogP contribution >= 0.6 is 0 Å². The number of nitrogens with one attached hydrogen (secondary N) is 2. The Morgan fingerprint density at radius 2 is 1.70 bits per heavy atom. The molecule has 0 bridgehead atoms. The molecule has 0 heterocycles. The van der Waals surface area contributed by atoms with Crippen LogP contribution in [0.4, 0.5) is 23.7 Å². The van der Waals surface area contributed by atoms with Gasteiger partial charge in [-0.25, -0.2) is 4.79 Å². The fraction of sp³-hybridized carbons (Fsp3) is 0.333. The third-order valence-electron chi connectivity index (χ3n) is 4.64. The van der Waals surface area contributed by atoms with E-state index in [0.717, 1.165) is 17.7 Å². The molecule has 4 N–H and O–H groups in total. The minimum absolute atomic E-state index is 0.187. The summed E-state index contributed by atoms with van der Waals surface area (Å²) in [7, 11) is 0. The van der Waals surface area contributed by atoms with Crippen molar-refractivity contribution >= 4 is 17.6 Å². The van der Waals surface area contributed by atoms with Crippen molar-refractivity contribution in [1.82, 2.24) is 10.2 Å². The Labute approximate surface area is 173 Å². The molecule has 0 radical (unpaired) electrons. The molecule has 6 nitrogen and oxygen atoms in total. The highest BCUT2D eigenvalue weighted by molar-refractivity contribution is 5.87. The van der Waals surface area contributed by atoms with E-state index in [1.165, 1.54) is 12.1 Å². The number of benzene rings is 2. The van der Waals surface area contributed by atoms with Gasteiger partial charge in [0.15, 0.2) is 0 Å². The number of hydrogen-bond acceptors (Lipinski definition) is 3. The van der Waals surface area contributed by atoms with Crippen LogP contribution < -0.4 is 16.4 Å². The Hall–Kier alpha value is -3.07. The first-order chi connectivity index (χ1) is 14.2. The third-order valence-corrected chi connectivity index (χ3v) is 4.64. The lowest BCUT2D eigenvalue weighted by molar-refractivity contribution is -0.138. The van der Waals surface area contributed by atoms with Crippen LogP contribution in [0.3, 0.4) is 0 Å². The zero-order valence-corrected chi connectivity index (χ0v) is 16.8. The van der Waals surface area contributed by atoms with Gasteiger partial charge in [0.2, 0.25) is 5.91 Å². The Bertz CT molecular complexity index is 865. The van der Waals surface area contributed by atoms with E-state index in [-0.39, 0.29) is 12.1 Å². The summed E-state index contributed by atoms with van der Waals surface area (Å²) in [6, 6.07) is 10.0. The fourth-order valence-corrected chi connectivity index (χ4v) is 3.14. The number of primary amides is 1. The Balaban J connectivity index is 2.19. The molecule has 0 aromatic heterocycles. The van der Waals surface area contributed by atoms with Gasteiger partial charge in [-0.15, -0.1) is 0 Å². The molecule has 0 saturated heterocycles. The SMILES string of the molecule is CCN(CC)C(C(=O)NCc1ccc(NC(N)=O)cc1)c1cccc(C(F)(F)F)c1. The second kappa shape index (κ2) is 10.1. The number of anilines is 1. The standard InChI is InChI=1S/C21H25F3N4O2/c1-3-28(4-2)18(15-6-5-7-16(12-15)21(22,23)24)19(29)26-13-14-8-10-17(11-9-14)27-20(25)30/h5-12,18H,3-4,13H2,1-2H3,(H,26,29)(H3,25,27,30). The summed E-state index contributed by atoms with van der Waals surface area (Å²) in [5.74, 6) is -0.391. The minimum Gasteiger partial charge on any atom is -0.351 e. The van der Waals surface area contributed by atoms with Crippen LogP contribution in [-0.2, 0) is 17.5 Å². The molecule has 0 aliphatic carbocycles. The number of amides is 3. The highest BCUT2D eigenvalue weighted by Gasteiger charge is 2.33. The van der Waals surface area contributed by atoms with Crippen molar-refractivity contribution in [2.75, 3.05) is 18.4 Å². The van der Waals surface area contributed by atoms with Crippen LogP contribution in [0, 0.1) is 0 Å². The van der Waals surface area contributed by atoms with E-state index >= 15 is 0 Å². The van der Waals surface area contributed by atoms with Gasteiger partial charge >= 0.3 is 12.2 Å². The van der Waals surface area contributed by atoms with Crippen molar-refractivity contribution in [2.24, 2.45) is 5.73 Å². The van der Waals surface area contributed by atoms with Crippen molar-refractivity contribution < 1.29 is 22.8 Å². The lowest BCUT2D eigenvalue weighted by Crippen LogP contribution is -2.40. The minimum atomic E-state index is -4.49. The van der Waals surface area contributed by atoms with Gasteiger partial charge in [0.1, 0.15) is 6.04 Å². The molecule has 162 valence electrons. The Morgan fingerprint density at radius 1 is 1.07 bits per heavy atom. The van der Waals surface area contributed by atoms with Gasteiger partial charge in [0.25, 0.3) is 0 Å². The van der Waals surface area contributed by atoms with Gasteiger partial charge in [-0.3, -0.25) is 9.69 Å². The van der Waals surface area contributed by atoms with Crippen LogP contribution in [0.2, 0.25) is 0 Å². The molecule has 30 heavy (non-hydrogen) atoms. The Kier molecular flexibility index (Phi) is 7.82. The molecule has 0 aliphatic heterocycles. The Morgan fingerprint density at radius 3 is 2.23 bits per heavy atom. The summed E-state index contributed by atoms with van der Waals surface area (Å²) in [6.45, 7) is 4.88. The number of nitrogens with zero attached hydrogens (tertiary/aromatic N) is 1. The van der Waals surface area contributed by atoms with Gasteiger partial charge in [-0.1, -0.05) is 38.1 Å². The van der Waals surface area contributed by atoms with E-state index in [1.54, 1.807) is 29.2 Å². The number of alkyl halides is 3. The second-order valence-electron chi connectivity index (χ2n) is 6.65. The molecule has 9 heteroatoms. The number of carbonyl (C=O) groups excluding carboxylic acids is 2. The summed E-state index contributed by atoms with van der Waals surface area (Å²) >= 11 is 0. The van der Waals surface area contributed by atoms with Gasteiger partial charge < -0.3 is 16.4 Å². The lowest BCUT2D eigenvalue weighted by atomic mass is 10.0. The first-order valence-electron chi connectivity index (χ1n) is 9.50. The van der Waals surface area contributed by atoms with Crippen molar-refractivity contribution in [3.8, 4) is 0 Å². The predicted molar refractivity (Wildman–Crippen MR) is 109 cm³/mol. The van der Waals surface area contributed by atoms with Crippen molar-refractivity contribution in [3.63, 3.8) is 0 Å². The first kappa shape index (κ1) is 23.2. The maximum atomic E-state index is 13.1. The number of halogens is 3. The quantitative estimate of drug-likeness (QED) is 0.603. The summed E-state index contributed by atoms with van der Waals surface area (Å²) in [5, 5.41) is 5.23. The normalized spacial score (nSPS) is 12.5. The number of hydrogen-bond donors (Lipinski definition) is 3. The number of rotatable bonds is 8. The summed E-state index contributed by atoms with van der Waals surface area (Å²) < 4.78 is 39.4. The highest BCUT2D eigenvalue weighted by atomic mass is 19.4. The van der Waals surface area contributed by atoms with Gasteiger partial charge in [-0.2, -0.15) is 13.2 Å². The molecule has 0 saturated carbocycles. The number of urea groups is 1. The predicted octanol–water partition coefficient (Wildman–Crippen LogP) is 3.90. The molecule has 2 rings (SSSR count). The zero-order chi connectivity index (χ0) is 22.3. The maximum absolute atomic E-state index is 13.1. The summed E-state index contributed by atoms with van der Waals surface area (Å²) in [6.07, 6.45) is -4.49. The van der Waals surface area contributed by atoms with E-state index < -0.39 is 29.7 Å². The van der Waals surface area contributed by atoms with Crippen LogP contribution in [0.5, 0.6) is 0 Å². The van der Waals surface area contributed by atoms with Crippen LogP contribution in [0.15, 0.2) is 48.5 Å². The van der Waals surface area contributed by atoms with E-state index in [2.05, 4.69) is 10.6 Å². The maximum Gasteiger partial charge on any atom is 0.416 e. The molecular formula is C21H25F3N4O2. The molecule has 2 aromatic carbocycles. The topological polar surface area (TPSA) is 87.5 Å². The molecule has 0 fully saturated rings. The molecule has 2 aromatic rings.